The maximum absolute atomic E-state index is 12.1. The molecule has 0 heterocycles. The largest absolute Gasteiger partial charge is 0.497 e. The van der Waals surface area contributed by atoms with Crippen molar-refractivity contribution in [2.75, 3.05) is 7.11 Å². The van der Waals surface area contributed by atoms with Gasteiger partial charge in [-0.15, -0.1) is 0 Å². The van der Waals surface area contributed by atoms with Crippen molar-refractivity contribution in [1.82, 2.24) is 5.43 Å². The molecule has 0 aliphatic carbocycles. The van der Waals surface area contributed by atoms with Gasteiger partial charge < -0.3 is 4.74 Å². The van der Waals surface area contributed by atoms with Crippen LogP contribution in [0, 0.1) is 0 Å². The van der Waals surface area contributed by atoms with Gasteiger partial charge in [-0.25, -0.2) is 5.43 Å². The smallest absolute Gasteiger partial charge is 0.271 e. The summed E-state index contributed by atoms with van der Waals surface area (Å²) in [5.41, 5.74) is 5.26. The molecule has 0 saturated heterocycles. The average Bonchev–Trinajstić information content (AvgIpc) is 2.60. The summed E-state index contributed by atoms with van der Waals surface area (Å²) in [6, 6.07) is 17.2. The highest BCUT2D eigenvalue weighted by Crippen LogP contribution is 2.27. The van der Waals surface area contributed by atoms with E-state index < -0.39 is 0 Å². The van der Waals surface area contributed by atoms with Gasteiger partial charge in [0.25, 0.3) is 5.91 Å². The zero-order valence-corrected chi connectivity index (χ0v) is 14.7. The van der Waals surface area contributed by atoms with E-state index in [9.17, 15) is 4.79 Å². The number of benzene rings is 2. The molecule has 2 aromatic carbocycles. The van der Waals surface area contributed by atoms with Gasteiger partial charge in [0.1, 0.15) is 5.75 Å². The van der Waals surface area contributed by atoms with Crippen LogP contribution in [0.3, 0.4) is 0 Å². The predicted octanol–water partition coefficient (Wildman–Crippen LogP) is 4.17. The highest BCUT2D eigenvalue weighted by molar-refractivity contribution is 5.95. The molecule has 0 saturated carbocycles. The summed E-state index contributed by atoms with van der Waals surface area (Å²) in [7, 11) is 1.59. The van der Waals surface area contributed by atoms with Gasteiger partial charge >= 0.3 is 0 Å². The fraction of sp³-hybridized carbons (Fsp3) is 0.300. The van der Waals surface area contributed by atoms with E-state index in [1.165, 1.54) is 5.56 Å². The lowest BCUT2D eigenvalue weighted by Gasteiger charge is -2.25. The summed E-state index contributed by atoms with van der Waals surface area (Å²) in [6.07, 6.45) is 0.764. The Bertz CT molecular complexity index is 704. The van der Waals surface area contributed by atoms with E-state index in [0.29, 0.717) is 5.56 Å². The first-order valence-corrected chi connectivity index (χ1v) is 7.95. The maximum atomic E-state index is 12.1. The molecule has 1 N–H and O–H groups in total. The van der Waals surface area contributed by atoms with E-state index in [2.05, 4.69) is 36.5 Å². The summed E-state index contributed by atoms with van der Waals surface area (Å²) in [5.74, 6) is 0.491. The molecule has 1 amide bonds. The van der Waals surface area contributed by atoms with Gasteiger partial charge in [0.15, 0.2) is 0 Å². The molecule has 4 nitrogen and oxygen atoms in total. The first kappa shape index (κ1) is 17.7. The van der Waals surface area contributed by atoms with Gasteiger partial charge in [0, 0.05) is 11.3 Å². The van der Waals surface area contributed by atoms with Crippen molar-refractivity contribution < 1.29 is 9.53 Å². The average molecular weight is 324 g/mol. The minimum absolute atomic E-state index is 0.0420. The Morgan fingerprint density at radius 3 is 2.29 bits per heavy atom. The standard InChI is InChI=1S/C20H24N2O2/c1-15(14-20(2,3)17-8-6-5-7-9-17)21-22-19(23)16-10-12-18(24-4)13-11-16/h5-13H,14H2,1-4H3,(H,22,23)/b21-15-. The van der Waals surface area contributed by atoms with Crippen molar-refractivity contribution in [2.45, 2.75) is 32.6 Å². The normalized spacial score (nSPS) is 11.9. The van der Waals surface area contributed by atoms with E-state index >= 15 is 0 Å². The van der Waals surface area contributed by atoms with E-state index in [4.69, 9.17) is 4.74 Å². The Labute approximate surface area is 143 Å². The lowest BCUT2D eigenvalue weighted by atomic mass is 9.80. The number of amides is 1. The molecule has 126 valence electrons. The maximum Gasteiger partial charge on any atom is 0.271 e. The second-order valence-electron chi connectivity index (χ2n) is 6.44. The number of ether oxygens (including phenoxy) is 1. The summed E-state index contributed by atoms with van der Waals surface area (Å²) in [5, 5.41) is 4.24. The van der Waals surface area contributed by atoms with Crippen molar-refractivity contribution in [3.05, 3.63) is 65.7 Å². The third-order valence-electron chi connectivity index (χ3n) is 3.95. The number of hydrogen-bond acceptors (Lipinski definition) is 3. The molecule has 0 bridgehead atoms. The van der Waals surface area contributed by atoms with Crippen LogP contribution in [0.4, 0.5) is 0 Å². The second-order valence-corrected chi connectivity index (χ2v) is 6.44. The fourth-order valence-corrected chi connectivity index (χ4v) is 2.62. The van der Waals surface area contributed by atoms with Crippen LogP contribution in [0.2, 0.25) is 0 Å². The Balaban J connectivity index is 1.99. The molecule has 0 fully saturated rings. The molecule has 0 aromatic heterocycles. The number of carbonyl (C=O) groups is 1. The van der Waals surface area contributed by atoms with Gasteiger partial charge in [-0.1, -0.05) is 44.2 Å². The third-order valence-corrected chi connectivity index (χ3v) is 3.95. The molecule has 0 unspecified atom stereocenters. The quantitative estimate of drug-likeness (QED) is 0.640. The van der Waals surface area contributed by atoms with Crippen molar-refractivity contribution in [2.24, 2.45) is 5.10 Å². The van der Waals surface area contributed by atoms with Crippen molar-refractivity contribution in [3.63, 3.8) is 0 Å². The molecule has 2 rings (SSSR count). The first-order chi connectivity index (χ1) is 11.4. The number of nitrogens with one attached hydrogen (secondary N) is 1. The monoisotopic (exact) mass is 324 g/mol. The van der Waals surface area contributed by atoms with Crippen LogP contribution < -0.4 is 10.2 Å². The zero-order chi connectivity index (χ0) is 17.6. The summed E-state index contributed by atoms with van der Waals surface area (Å²) in [6.45, 7) is 6.28. The molecular weight excluding hydrogens is 300 g/mol. The van der Waals surface area contributed by atoms with Gasteiger partial charge in [-0.3, -0.25) is 4.79 Å². The minimum Gasteiger partial charge on any atom is -0.497 e. The van der Waals surface area contributed by atoms with Gasteiger partial charge in [-0.2, -0.15) is 5.10 Å². The highest BCUT2D eigenvalue weighted by Gasteiger charge is 2.21. The molecule has 0 spiro atoms. The van der Waals surface area contributed by atoms with Crippen molar-refractivity contribution in [1.29, 1.82) is 0 Å². The van der Waals surface area contributed by atoms with E-state index in [-0.39, 0.29) is 11.3 Å². The Morgan fingerprint density at radius 2 is 1.71 bits per heavy atom. The molecule has 0 aliphatic rings. The number of methoxy groups -OCH3 is 1. The van der Waals surface area contributed by atoms with Crippen LogP contribution in [0.15, 0.2) is 59.7 Å². The van der Waals surface area contributed by atoms with Gasteiger partial charge in [-0.05, 0) is 48.6 Å². The second kappa shape index (κ2) is 7.77. The van der Waals surface area contributed by atoms with Crippen molar-refractivity contribution in [3.8, 4) is 5.75 Å². The summed E-state index contributed by atoms with van der Waals surface area (Å²) in [4.78, 5) is 12.1. The molecule has 24 heavy (non-hydrogen) atoms. The van der Waals surface area contributed by atoms with Crippen LogP contribution in [0.5, 0.6) is 5.75 Å². The Morgan fingerprint density at radius 1 is 1.08 bits per heavy atom. The topological polar surface area (TPSA) is 50.7 Å². The number of hydrazone groups is 1. The lowest BCUT2D eigenvalue weighted by Crippen LogP contribution is -2.24. The molecule has 0 radical (unpaired) electrons. The van der Waals surface area contributed by atoms with E-state index in [1.54, 1.807) is 31.4 Å². The van der Waals surface area contributed by atoms with Crippen LogP contribution in [0.25, 0.3) is 0 Å². The van der Waals surface area contributed by atoms with Crippen LogP contribution in [-0.2, 0) is 5.41 Å². The van der Waals surface area contributed by atoms with Crippen LogP contribution >= 0.6 is 0 Å². The van der Waals surface area contributed by atoms with Gasteiger partial charge in [0.2, 0.25) is 0 Å². The lowest BCUT2D eigenvalue weighted by molar-refractivity contribution is 0.0954. The number of hydrogen-bond donors (Lipinski definition) is 1. The molecular formula is C20H24N2O2. The van der Waals surface area contributed by atoms with Gasteiger partial charge in [0.05, 0.1) is 7.11 Å². The predicted molar refractivity (Wildman–Crippen MR) is 97.7 cm³/mol. The van der Waals surface area contributed by atoms with E-state index in [0.717, 1.165) is 17.9 Å². The first-order valence-electron chi connectivity index (χ1n) is 7.95. The van der Waals surface area contributed by atoms with Crippen LogP contribution in [0.1, 0.15) is 43.1 Å². The zero-order valence-electron chi connectivity index (χ0n) is 14.7. The fourth-order valence-electron chi connectivity index (χ4n) is 2.62. The molecule has 2 aromatic rings. The highest BCUT2D eigenvalue weighted by atomic mass is 16.5. The number of rotatable bonds is 6. The van der Waals surface area contributed by atoms with E-state index in [1.807, 2.05) is 25.1 Å². The third kappa shape index (κ3) is 4.69. The SMILES string of the molecule is COc1ccc(C(=O)N/N=C(/C)CC(C)(C)c2ccccc2)cc1. The Hall–Kier alpha value is -2.62. The number of carbonyl (C=O) groups excluding carboxylic acids is 1. The van der Waals surface area contributed by atoms with Crippen LogP contribution in [-0.4, -0.2) is 18.7 Å². The molecule has 4 heteroatoms. The molecule has 0 atom stereocenters. The number of nitrogens with zero attached hydrogens (tertiary/aromatic N) is 1. The Kier molecular flexibility index (Phi) is 5.74. The molecule has 0 aliphatic heterocycles. The van der Waals surface area contributed by atoms with Crippen molar-refractivity contribution >= 4 is 11.6 Å². The minimum atomic E-state index is -0.227. The summed E-state index contributed by atoms with van der Waals surface area (Å²) >= 11 is 0. The summed E-state index contributed by atoms with van der Waals surface area (Å²) < 4.78 is 5.08.